The number of hydrogen-bond donors (Lipinski definition) is 6. The van der Waals surface area contributed by atoms with Gasteiger partial charge in [0, 0.05) is 23.7 Å². The summed E-state index contributed by atoms with van der Waals surface area (Å²) < 4.78 is 0. The summed E-state index contributed by atoms with van der Waals surface area (Å²) in [6.45, 7) is 1.08. The zero-order valence-electron chi connectivity index (χ0n) is 6.22. The molecule has 0 bridgehead atoms. The van der Waals surface area contributed by atoms with Gasteiger partial charge in [0.1, 0.15) is 0 Å². The Bertz CT molecular complexity index is 40.6. The molecule has 0 aliphatic carbocycles. The van der Waals surface area contributed by atoms with Crippen LogP contribution in [0, 0.1) is 0 Å². The molecule has 0 aromatic rings. The molecule has 0 atom stereocenters. The zero-order chi connectivity index (χ0) is 3.58. The van der Waals surface area contributed by atoms with Gasteiger partial charge < -0.3 is 35.9 Å². The molecule has 10 heavy (non-hydrogen) atoms. The monoisotopic (exact) mass is 204 g/mol. The smallest absolute Gasteiger partial charge is 0.300 e. The first-order valence-electron chi connectivity index (χ1n) is 0.928. The molecule has 0 heterocycles. The van der Waals surface area contributed by atoms with Crippen molar-refractivity contribution in [3.63, 3.8) is 0 Å². The maximum absolute atomic E-state index is 9.00. The Morgan fingerprint density at radius 3 is 1.00 bits per heavy atom. The van der Waals surface area contributed by atoms with Gasteiger partial charge >= 0.3 is 0 Å². The fourth-order valence-corrected chi connectivity index (χ4v) is 0. The molecule has 0 unspecified atom stereocenters. The number of carboxylic acid groups (broad SMARTS) is 1. The number of aliphatic carboxylic acids is 1. The Balaban J connectivity index is -0.00000000300. The summed E-state index contributed by atoms with van der Waals surface area (Å²) in [5.41, 5.74) is 0. The van der Waals surface area contributed by atoms with Crippen molar-refractivity contribution in [3.05, 3.63) is 0 Å². The van der Waals surface area contributed by atoms with E-state index in [1.807, 2.05) is 0 Å². The third-order valence-corrected chi connectivity index (χ3v) is 0. The zero-order valence-corrected chi connectivity index (χ0v) is 7.27. The van der Waals surface area contributed by atoms with Crippen LogP contribution in [-0.2, 0) is 21.6 Å². The molecular formula is C2H19CoN5O2. The van der Waals surface area contributed by atoms with Crippen molar-refractivity contribution in [3.8, 4) is 0 Å². The van der Waals surface area contributed by atoms with Gasteiger partial charge in [0.05, 0.1) is 0 Å². The summed E-state index contributed by atoms with van der Waals surface area (Å²) in [7, 11) is 0. The Hall–Kier alpha value is -0.224. The van der Waals surface area contributed by atoms with Crippen molar-refractivity contribution in [2.75, 3.05) is 0 Å². The van der Waals surface area contributed by atoms with Crippen LogP contribution in [0.15, 0.2) is 0 Å². The average molecular weight is 204 g/mol. The molecule has 0 fully saturated rings. The van der Waals surface area contributed by atoms with E-state index in [0.29, 0.717) is 0 Å². The first-order valence-corrected chi connectivity index (χ1v) is 0.928. The van der Waals surface area contributed by atoms with Gasteiger partial charge in [0.15, 0.2) is 0 Å². The minimum Gasteiger partial charge on any atom is -0.481 e. The van der Waals surface area contributed by atoms with E-state index in [4.69, 9.17) is 9.90 Å². The molecule has 16 N–H and O–H groups in total. The molecule has 0 aliphatic rings. The van der Waals surface area contributed by atoms with E-state index in [2.05, 4.69) is 0 Å². The van der Waals surface area contributed by atoms with E-state index in [0.717, 1.165) is 6.92 Å². The van der Waals surface area contributed by atoms with Gasteiger partial charge in [-0.05, 0) is 0 Å². The Labute approximate surface area is 71.1 Å². The second kappa shape index (κ2) is 68.8. The Morgan fingerprint density at radius 1 is 1.00 bits per heavy atom. The topological polar surface area (TPSA) is 212 Å². The molecule has 7 nitrogen and oxygen atoms in total. The maximum atomic E-state index is 9.00. The molecule has 1 radical (unpaired) electrons. The molecule has 0 aliphatic heterocycles. The largest absolute Gasteiger partial charge is 0.481 e. The summed E-state index contributed by atoms with van der Waals surface area (Å²) >= 11 is 0. The first-order chi connectivity index (χ1) is 1.73. The summed E-state index contributed by atoms with van der Waals surface area (Å²) in [5.74, 6) is -0.833. The van der Waals surface area contributed by atoms with Crippen LogP contribution in [0.25, 0.3) is 0 Å². The van der Waals surface area contributed by atoms with Gasteiger partial charge in [0.25, 0.3) is 5.97 Å². The van der Waals surface area contributed by atoms with Crippen molar-refractivity contribution >= 4 is 5.97 Å². The van der Waals surface area contributed by atoms with Crippen molar-refractivity contribution in [1.29, 1.82) is 0 Å². The third kappa shape index (κ3) is 7150. The van der Waals surface area contributed by atoms with Gasteiger partial charge in [0.2, 0.25) is 0 Å². The second-order valence-corrected chi connectivity index (χ2v) is 0.519. The van der Waals surface area contributed by atoms with Gasteiger partial charge in [-0.2, -0.15) is 0 Å². The predicted molar refractivity (Wildman–Crippen MR) is 38.4 cm³/mol. The van der Waals surface area contributed by atoms with Gasteiger partial charge in [-0.1, -0.05) is 0 Å². The molecule has 8 heteroatoms. The predicted octanol–water partition coefficient (Wildman–Crippen LogP) is 0.898. The standard InChI is InChI=1S/C2H4O2.Co.5H3N/c1-2(3)4;;;;;;/h1H3,(H,3,4);;5*1H3. The van der Waals surface area contributed by atoms with Crippen LogP contribution in [0.3, 0.4) is 0 Å². The fraction of sp³-hybridized carbons (Fsp3) is 0.500. The molecule has 73 valence electrons. The third-order valence-electron chi connectivity index (χ3n) is 0. The van der Waals surface area contributed by atoms with Crippen LogP contribution in [0.5, 0.6) is 0 Å². The van der Waals surface area contributed by atoms with Crippen molar-refractivity contribution in [2.45, 2.75) is 6.92 Å². The Morgan fingerprint density at radius 2 is 1.00 bits per heavy atom. The number of hydrogen-bond acceptors (Lipinski definition) is 6. The van der Waals surface area contributed by atoms with E-state index in [1.165, 1.54) is 0 Å². The number of carboxylic acids is 1. The molecule has 0 aromatic carbocycles. The molecule has 0 saturated carbocycles. The SMILES string of the molecule is CC(=O)O.N.N.N.N.N.[Co]. The second-order valence-electron chi connectivity index (χ2n) is 0.519. The summed E-state index contributed by atoms with van der Waals surface area (Å²) in [6, 6.07) is 0. The van der Waals surface area contributed by atoms with E-state index in [9.17, 15) is 0 Å². The molecule has 0 aromatic heterocycles. The maximum Gasteiger partial charge on any atom is 0.300 e. The van der Waals surface area contributed by atoms with Crippen LogP contribution in [0.1, 0.15) is 6.92 Å². The van der Waals surface area contributed by atoms with Crippen molar-refractivity contribution in [2.24, 2.45) is 0 Å². The van der Waals surface area contributed by atoms with Crippen molar-refractivity contribution in [1.82, 2.24) is 30.8 Å². The normalized spacial score (nSPS) is 2.50. The van der Waals surface area contributed by atoms with Gasteiger partial charge in [-0.25, -0.2) is 0 Å². The molecule has 0 spiro atoms. The van der Waals surface area contributed by atoms with Gasteiger partial charge in [-0.15, -0.1) is 0 Å². The summed E-state index contributed by atoms with van der Waals surface area (Å²) in [4.78, 5) is 9.00. The summed E-state index contributed by atoms with van der Waals surface area (Å²) in [6.07, 6.45) is 0. The van der Waals surface area contributed by atoms with Crippen LogP contribution >= 0.6 is 0 Å². The number of carbonyl (C=O) groups is 1. The van der Waals surface area contributed by atoms with Gasteiger partial charge in [-0.3, -0.25) is 4.79 Å². The van der Waals surface area contributed by atoms with Crippen molar-refractivity contribution < 1.29 is 26.7 Å². The summed E-state index contributed by atoms with van der Waals surface area (Å²) in [5, 5.41) is 7.42. The molecule has 0 rings (SSSR count). The molecule has 0 amide bonds. The minimum absolute atomic E-state index is 0. The Kier molecular flexibility index (Phi) is 673. The van der Waals surface area contributed by atoms with E-state index < -0.39 is 5.97 Å². The van der Waals surface area contributed by atoms with E-state index >= 15 is 0 Å². The fourth-order valence-electron chi connectivity index (χ4n) is 0. The van der Waals surface area contributed by atoms with Crippen LogP contribution in [-0.4, -0.2) is 11.1 Å². The van der Waals surface area contributed by atoms with Crippen LogP contribution in [0.4, 0.5) is 0 Å². The molecular weight excluding hydrogens is 185 g/mol. The number of rotatable bonds is 0. The van der Waals surface area contributed by atoms with E-state index in [1.54, 1.807) is 0 Å². The quantitative estimate of drug-likeness (QED) is 0.334. The molecule has 0 saturated heterocycles. The van der Waals surface area contributed by atoms with Crippen LogP contribution in [0.2, 0.25) is 0 Å². The van der Waals surface area contributed by atoms with E-state index in [-0.39, 0.29) is 47.5 Å². The first kappa shape index (κ1) is 97.7. The minimum atomic E-state index is -0.833. The average Bonchev–Trinajstić information content (AvgIpc) is 0.811. The van der Waals surface area contributed by atoms with Crippen LogP contribution < -0.4 is 30.8 Å².